The van der Waals surface area contributed by atoms with Crippen LogP contribution in [0.25, 0.3) is 0 Å². The SMILES string of the molecule is CCNC(=NCC1CCS(=O)(=O)C1)N1CCC(C)(CC)C1.I. The summed E-state index contributed by atoms with van der Waals surface area (Å²) in [6, 6.07) is 0. The molecule has 0 bridgehead atoms. The molecule has 5 nitrogen and oxygen atoms in total. The first kappa shape index (κ1) is 20.0. The first-order chi connectivity index (χ1) is 9.87. The molecule has 0 aliphatic carbocycles. The quantitative estimate of drug-likeness (QED) is 0.411. The van der Waals surface area contributed by atoms with Crippen LogP contribution in [0.2, 0.25) is 0 Å². The van der Waals surface area contributed by atoms with Gasteiger partial charge >= 0.3 is 0 Å². The molecule has 0 spiro atoms. The second-order valence-electron chi connectivity index (χ2n) is 6.80. The van der Waals surface area contributed by atoms with Gasteiger partial charge in [-0.05, 0) is 37.5 Å². The van der Waals surface area contributed by atoms with Gasteiger partial charge in [-0.1, -0.05) is 13.8 Å². The number of hydrogen-bond acceptors (Lipinski definition) is 3. The minimum atomic E-state index is -2.80. The molecule has 1 N–H and O–H groups in total. The second kappa shape index (κ2) is 8.17. The van der Waals surface area contributed by atoms with E-state index in [9.17, 15) is 8.42 Å². The molecule has 0 aromatic carbocycles. The van der Waals surface area contributed by atoms with Gasteiger partial charge in [-0.2, -0.15) is 0 Å². The van der Waals surface area contributed by atoms with Gasteiger partial charge in [0.05, 0.1) is 11.5 Å². The number of guanidine groups is 1. The molecule has 0 aromatic rings. The summed E-state index contributed by atoms with van der Waals surface area (Å²) in [5, 5.41) is 3.36. The molecule has 2 rings (SSSR count). The van der Waals surface area contributed by atoms with E-state index in [1.165, 1.54) is 12.8 Å². The van der Waals surface area contributed by atoms with E-state index in [1.807, 2.05) is 0 Å². The minimum absolute atomic E-state index is 0. The van der Waals surface area contributed by atoms with Gasteiger partial charge in [0.2, 0.25) is 0 Å². The number of nitrogens with zero attached hydrogens (tertiary/aromatic N) is 2. The zero-order valence-corrected chi connectivity index (χ0v) is 17.1. The van der Waals surface area contributed by atoms with Crippen LogP contribution >= 0.6 is 24.0 Å². The Balaban J connectivity index is 0.00000242. The highest BCUT2D eigenvalue weighted by atomic mass is 127. The van der Waals surface area contributed by atoms with E-state index in [0.29, 0.717) is 23.5 Å². The molecule has 2 fully saturated rings. The summed E-state index contributed by atoms with van der Waals surface area (Å²) >= 11 is 0. The van der Waals surface area contributed by atoms with Gasteiger partial charge in [-0.15, -0.1) is 24.0 Å². The number of sulfone groups is 1. The lowest BCUT2D eigenvalue weighted by atomic mass is 9.87. The fourth-order valence-corrected chi connectivity index (χ4v) is 5.00. The van der Waals surface area contributed by atoms with Gasteiger partial charge in [0.15, 0.2) is 15.8 Å². The Morgan fingerprint density at radius 3 is 2.64 bits per heavy atom. The van der Waals surface area contributed by atoms with Gasteiger partial charge in [0, 0.05) is 26.2 Å². The van der Waals surface area contributed by atoms with Gasteiger partial charge in [-0.25, -0.2) is 8.42 Å². The fourth-order valence-electron chi connectivity index (χ4n) is 3.15. The average Bonchev–Trinajstić information content (AvgIpc) is 2.99. The molecule has 7 heteroatoms. The van der Waals surface area contributed by atoms with Crippen molar-refractivity contribution < 1.29 is 8.42 Å². The van der Waals surface area contributed by atoms with Crippen molar-refractivity contribution in [1.82, 2.24) is 10.2 Å². The number of halogens is 1. The van der Waals surface area contributed by atoms with Crippen LogP contribution in [-0.4, -0.2) is 57.0 Å². The van der Waals surface area contributed by atoms with Gasteiger partial charge in [0.1, 0.15) is 0 Å². The number of aliphatic imine (C=N–C) groups is 1. The molecule has 0 amide bonds. The average molecular weight is 443 g/mol. The van der Waals surface area contributed by atoms with E-state index >= 15 is 0 Å². The summed E-state index contributed by atoms with van der Waals surface area (Å²) in [5.41, 5.74) is 0.382. The molecule has 0 aromatic heterocycles. The number of rotatable bonds is 4. The van der Waals surface area contributed by atoms with Crippen molar-refractivity contribution >= 4 is 39.8 Å². The van der Waals surface area contributed by atoms with E-state index in [0.717, 1.165) is 32.0 Å². The molecule has 2 aliphatic rings. The van der Waals surface area contributed by atoms with E-state index in [4.69, 9.17) is 4.99 Å². The number of likely N-dealkylation sites (tertiary alicyclic amines) is 1. The Morgan fingerprint density at radius 2 is 2.14 bits per heavy atom. The van der Waals surface area contributed by atoms with E-state index < -0.39 is 9.84 Å². The lowest BCUT2D eigenvalue weighted by Gasteiger charge is -2.25. The summed E-state index contributed by atoms with van der Waals surface area (Å²) < 4.78 is 23.0. The van der Waals surface area contributed by atoms with Crippen molar-refractivity contribution in [2.24, 2.45) is 16.3 Å². The van der Waals surface area contributed by atoms with Crippen molar-refractivity contribution in [3.63, 3.8) is 0 Å². The fraction of sp³-hybridized carbons (Fsp3) is 0.933. The van der Waals surface area contributed by atoms with Crippen LogP contribution in [0.15, 0.2) is 4.99 Å². The van der Waals surface area contributed by atoms with E-state index in [2.05, 4.69) is 31.0 Å². The molecule has 0 saturated carbocycles. The Bertz CT molecular complexity index is 495. The predicted molar refractivity (Wildman–Crippen MR) is 103 cm³/mol. The Morgan fingerprint density at radius 1 is 1.41 bits per heavy atom. The highest BCUT2D eigenvalue weighted by molar-refractivity contribution is 14.0. The molecule has 2 unspecified atom stereocenters. The maximum atomic E-state index is 11.5. The van der Waals surface area contributed by atoms with Crippen LogP contribution in [0.5, 0.6) is 0 Å². The van der Waals surface area contributed by atoms with Crippen LogP contribution < -0.4 is 5.32 Å². The molecular formula is C15H30IN3O2S. The molecule has 2 aliphatic heterocycles. The van der Waals surface area contributed by atoms with Crippen molar-refractivity contribution in [2.45, 2.75) is 40.0 Å². The Hall–Kier alpha value is -0.0500. The van der Waals surface area contributed by atoms with Crippen molar-refractivity contribution in [2.75, 3.05) is 37.7 Å². The van der Waals surface area contributed by atoms with Crippen molar-refractivity contribution in [3.05, 3.63) is 0 Å². The summed E-state index contributed by atoms with van der Waals surface area (Å²) in [6.07, 6.45) is 3.15. The van der Waals surface area contributed by atoms with Gasteiger partial charge in [0.25, 0.3) is 0 Å². The van der Waals surface area contributed by atoms with Crippen molar-refractivity contribution in [1.29, 1.82) is 0 Å². The highest BCUT2D eigenvalue weighted by Gasteiger charge is 2.34. The number of hydrogen-bond donors (Lipinski definition) is 1. The molecule has 22 heavy (non-hydrogen) atoms. The maximum Gasteiger partial charge on any atom is 0.193 e. The minimum Gasteiger partial charge on any atom is -0.357 e. The van der Waals surface area contributed by atoms with Crippen LogP contribution in [0.4, 0.5) is 0 Å². The standard InChI is InChI=1S/C15H29N3O2S.HI/c1-4-15(3)7-8-18(12-15)14(16-5-2)17-10-13-6-9-21(19,20)11-13;/h13H,4-12H2,1-3H3,(H,16,17);1H. The Labute approximate surface area is 152 Å². The predicted octanol–water partition coefficient (Wildman–Crippen LogP) is 2.13. The van der Waals surface area contributed by atoms with E-state index in [-0.39, 0.29) is 29.9 Å². The van der Waals surface area contributed by atoms with Gasteiger partial charge < -0.3 is 10.2 Å². The van der Waals surface area contributed by atoms with Crippen molar-refractivity contribution in [3.8, 4) is 0 Å². The molecular weight excluding hydrogens is 413 g/mol. The maximum absolute atomic E-state index is 11.5. The Kier molecular flexibility index (Phi) is 7.42. The third-order valence-electron chi connectivity index (χ3n) is 4.87. The molecule has 2 heterocycles. The summed E-state index contributed by atoms with van der Waals surface area (Å²) in [7, 11) is -2.80. The number of nitrogens with one attached hydrogen (secondary N) is 1. The van der Waals surface area contributed by atoms with Crippen LogP contribution in [0.3, 0.4) is 0 Å². The third-order valence-corrected chi connectivity index (χ3v) is 6.71. The van der Waals surface area contributed by atoms with Crippen LogP contribution in [0.1, 0.15) is 40.0 Å². The summed E-state index contributed by atoms with van der Waals surface area (Å²) in [6.45, 7) is 10.2. The van der Waals surface area contributed by atoms with Crippen LogP contribution in [0, 0.1) is 11.3 Å². The van der Waals surface area contributed by atoms with Crippen LogP contribution in [-0.2, 0) is 9.84 Å². The third kappa shape index (κ3) is 5.25. The zero-order chi connectivity index (χ0) is 15.5. The zero-order valence-electron chi connectivity index (χ0n) is 14.0. The smallest absolute Gasteiger partial charge is 0.193 e. The highest BCUT2D eigenvalue weighted by Crippen LogP contribution is 2.33. The summed E-state index contributed by atoms with van der Waals surface area (Å²) in [5.74, 6) is 1.80. The second-order valence-corrected chi connectivity index (χ2v) is 9.03. The molecule has 130 valence electrons. The monoisotopic (exact) mass is 443 g/mol. The lowest BCUT2D eigenvalue weighted by Crippen LogP contribution is -2.41. The normalized spacial score (nSPS) is 31.1. The first-order valence-corrected chi connectivity index (χ1v) is 9.93. The summed E-state index contributed by atoms with van der Waals surface area (Å²) in [4.78, 5) is 7.04. The van der Waals surface area contributed by atoms with E-state index in [1.54, 1.807) is 0 Å². The topological polar surface area (TPSA) is 61.8 Å². The first-order valence-electron chi connectivity index (χ1n) is 8.11. The largest absolute Gasteiger partial charge is 0.357 e. The molecule has 2 saturated heterocycles. The molecule has 0 radical (unpaired) electrons. The lowest BCUT2D eigenvalue weighted by molar-refractivity contribution is 0.322. The van der Waals surface area contributed by atoms with Gasteiger partial charge in [-0.3, -0.25) is 4.99 Å². The molecule has 2 atom stereocenters.